The smallest absolute Gasteiger partial charge is 0.131 e. The molecule has 94 valence electrons. The normalized spacial score (nSPS) is 15.0. The van der Waals surface area contributed by atoms with Crippen LogP contribution in [0.15, 0.2) is 12.3 Å². The molecule has 1 N–H and O–H groups in total. The van der Waals surface area contributed by atoms with Crippen molar-refractivity contribution in [2.45, 2.75) is 32.4 Å². The van der Waals surface area contributed by atoms with Crippen molar-refractivity contribution in [2.75, 3.05) is 25.2 Å². The monoisotopic (exact) mass is 236 g/mol. The van der Waals surface area contributed by atoms with Crippen LogP contribution in [0, 0.1) is 6.92 Å². The van der Waals surface area contributed by atoms with Gasteiger partial charge in [0.1, 0.15) is 5.82 Å². The number of methoxy groups -OCH3 is 1. The molecule has 2 rings (SSSR count). The zero-order valence-corrected chi connectivity index (χ0v) is 10.5. The Morgan fingerprint density at radius 3 is 2.82 bits per heavy atom. The number of aliphatic hydroxyl groups is 1. The molecular weight excluding hydrogens is 216 g/mol. The summed E-state index contributed by atoms with van der Waals surface area (Å²) in [4.78, 5) is 6.79. The molecule has 1 saturated carbocycles. The first-order chi connectivity index (χ1) is 8.26. The van der Waals surface area contributed by atoms with Crippen molar-refractivity contribution >= 4 is 5.82 Å². The molecule has 0 radical (unpaired) electrons. The van der Waals surface area contributed by atoms with Gasteiger partial charge in [-0.05, 0) is 37.0 Å². The molecule has 0 amide bonds. The summed E-state index contributed by atoms with van der Waals surface area (Å²) in [5, 5.41) is 9.08. The molecule has 0 aliphatic heterocycles. The first-order valence-corrected chi connectivity index (χ1v) is 6.08. The fourth-order valence-electron chi connectivity index (χ4n) is 2.05. The summed E-state index contributed by atoms with van der Waals surface area (Å²) in [6.07, 6.45) is 4.24. The molecule has 0 unspecified atom stereocenters. The lowest BCUT2D eigenvalue weighted by atomic mass is 10.2. The maximum Gasteiger partial charge on any atom is 0.131 e. The second kappa shape index (κ2) is 5.47. The largest absolute Gasteiger partial charge is 0.392 e. The fourth-order valence-corrected chi connectivity index (χ4v) is 2.05. The average molecular weight is 236 g/mol. The van der Waals surface area contributed by atoms with Gasteiger partial charge in [0.2, 0.25) is 0 Å². The summed E-state index contributed by atoms with van der Waals surface area (Å²) in [5.41, 5.74) is 1.99. The van der Waals surface area contributed by atoms with Crippen LogP contribution in [-0.4, -0.2) is 36.4 Å². The standard InChI is InChI=1S/C13H20N2O2/c1-10-7-11(9-16)8-14-13(10)15(5-6-17-2)12-3-4-12/h7-8,12,16H,3-6,9H2,1-2H3. The Morgan fingerprint density at radius 1 is 1.53 bits per heavy atom. The minimum absolute atomic E-state index is 0.0512. The molecule has 17 heavy (non-hydrogen) atoms. The van der Waals surface area contributed by atoms with Crippen LogP contribution in [0.5, 0.6) is 0 Å². The van der Waals surface area contributed by atoms with Crippen molar-refractivity contribution in [2.24, 2.45) is 0 Å². The van der Waals surface area contributed by atoms with E-state index in [2.05, 4.69) is 9.88 Å². The number of pyridine rings is 1. The SMILES string of the molecule is COCCN(c1ncc(CO)cc1C)C1CC1. The summed E-state index contributed by atoms with van der Waals surface area (Å²) in [6.45, 7) is 3.70. The lowest BCUT2D eigenvalue weighted by Crippen LogP contribution is -2.30. The number of hydrogen-bond donors (Lipinski definition) is 1. The second-order valence-corrected chi connectivity index (χ2v) is 4.56. The van der Waals surface area contributed by atoms with Crippen LogP contribution < -0.4 is 4.90 Å². The Hall–Kier alpha value is -1.13. The van der Waals surface area contributed by atoms with Gasteiger partial charge in [0.05, 0.1) is 13.2 Å². The predicted octanol–water partition coefficient (Wildman–Crippen LogP) is 1.50. The van der Waals surface area contributed by atoms with Gasteiger partial charge < -0.3 is 14.7 Å². The molecule has 0 spiro atoms. The van der Waals surface area contributed by atoms with Gasteiger partial charge in [0.15, 0.2) is 0 Å². The van der Waals surface area contributed by atoms with Gasteiger partial charge in [-0.15, -0.1) is 0 Å². The molecule has 1 aromatic heterocycles. The third-order valence-corrected chi connectivity index (χ3v) is 3.09. The number of rotatable bonds is 6. The molecule has 1 aliphatic rings. The molecule has 4 heteroatoms. The number of aliphatic hydroxyl groups excluding tert-OH is 1. The van der Waals surface area contributed by atoms with Crippen LogP contribution in [0.3, 0.4) is 0 Å². The van der Waals surface area contributed by atoms with E-state index in [0.29, 0.717) is 6.04 Å². The summed E-state index contributed by atoms with van der Waals surface area (Å²) in [5.74, 6) is 1.03. The van der Waals surface area contributed by atoms with Crippen LogP contribution in [0.1, 0.15) is 24.0 Å². The molecule has 4 nitrogen and oxygen atoms in total. The average Bonchev–Trinajstić information content (AvgIpc) is 3.15. The maximum atomic E-state index is 9.08. The van der Waals surface area contributed by atoms with E-state index in [1.165, 1.54) is 12.8 Å². The van der Waals surface area contributed by atoms with Crippen LogP contribution in [-0.2, 0) is 11.3 Å². The van der Waals surface area contributed by atoms with E-state index < -0.39 is 0 Å². The van der Waals surface area contributed by atoms with Gasteiger partial charge in [0.25, 0.3) is 0 Å². The van der Waals surface area contributed by atoms with E-state index >= 15 is 0 Å². The minimum atomic E-state index is 0.0512. The highest BCUT2D eigenvalue weighted by Crippen LogP contribution is 2.32. The van der Waals surface area contributed by atoms with Crippen molar-refractivity contribution in [3.8, 4) is 0 Å². The van der Waals surface area contributed by atoms with E-state index in [1.54, 1.807) is 13.3 Å². The highest BCUT2D eigenvalue weighted by atomic mass is 16.5. The Labute approximate surface area is 102 Å². The molecular formula is C13H20N2O2. The van der Waals surface area contributed by atoms with Gasteiger partial charge in [0, 0.05) is 25.9 Å². The molecule has 0 aromatic carbocycles. The minimum Gasteiger partial charge on any atom is -0.392 e. The molecule has 0 atom stereocenters. The lowest BCUT2D eigenvalue weighted by molar-refractivity contribution is 0.204. The van der Waals surface area contributed by atoms with Crippen LogP contribution in [0.25, 0.3) is 0 Å². The Balaban J connectivity index is 2.16. The van der Waals surface area contributed by atoms with E-state index in [-0.39, 0.29) is 6.61 Å². The number of aryl methyl sites for hydroxylation is 1. The van der Waals surface area contributed by atoms with Crippen LogP contribution in [0.4, 0.5) is 5.82 Å². The van der Waals surface area contributed by atoms with E-state index in [0.717, 1.165) is 30.1 Å². The summed E-state index contributed by atoms with van der Waals surface area (Å²) in [7, 11) is 1.72. The molecule has 1 aliphatic carbocycles. The topological polar surface area (TPSA) is 45.6 Å². The van der Waals surface area contributed by atoms with Crippen LogP contribution in [0.2, 0.25) is 0 Å². The van der Waals surface area contributed by atoms with Crippen molar-refractivity contribution in [3.05, 3.63) is 23.4 Å². The zero-order chi connectivity index (χ0) is 12.3. The molecule has 0 saturated heterocycles. The third kappa shape index (κ3) is 2.96. The van der Waals surface area contributed by atoms with E-state index in [4.69, 9.17) is 9.84 Å². The highest BCUT2D eigenvalue weighted by Gasteiger charge is 2.30. The number of anilines is 1. The summed E-state index contributed by atoms with van der Waals surface area (Å²) in [6, 6.07) is 2.63. The Bertz CT molecular complexity index is 378. The number of nitrogens with zero attached hydrogens (tertiary/aromatic N) is 2. The predicted molar refractivity (Wildman–Crippen MR) is 67.1 cm³/mol. The van der Waals surface area contributed by atoms with Gasteiger partial charge in [-0.2, -0.15) is 0 Å². The molecule has 1 heterocycles. The Morgan fingerprint density at radius 2 is 2.29 bits per heavy atom. The number of ether oxygens (including phenoxy) is 1. The van der Waals surface area contributed by atoms with Crippen molar-refractivity contribution < 1.29 is 9.84 Å². The van der Waals surface area contributed by atoms with Gasteiger partial charge in [-0.3, -0.25) is 0 Å². The van der Waals surface area contributed by atoms with E-state index in [1.807, 2.05) is 13.0 Å². The van der Waals surface area contributed by atoms with Gasteiger partial charge in [-0.25, -0.2) is 4.98 Å². The lowest BCUT2D eigenvalue weighted by Gasteiger charge is -2.25. The van der Waals surface area contributed by atoms with Crippen molar-refractivity contribution in [3.63, 3.8) is 0 Å². The first-order valence-electron chi connectivity index (χ1n) is 6.08. The summed E-state index contributed by atoms with van der Waals surface area (Å²) >= 11 is 0. The zero-order valence-electron chi connectivity index (χ0n) is 10.5. The fraction of sp³-hybridized carbons (Fsp3) is 0.615. The quantitative estimate of drug-likeness (QED) is 0.813. The summed E-state index contributed by atoms with van der Waals surface area (Å²) < 4.78 is 5.15. The van der Waals surface area contributed by atoms with Crippen molar-refractivity contribution in [1.29, 1.82) is 0 Å². The number of aromatic nitrogens is 1. The van der Waals surface area contributed by atoms with Crippen LogP contribution >= 0.6 is 0 Å². The molecule has 1 aromatic rings. The Kier molecular flexibility index (Phi) is 3.97. The highest BCUT2D eigenvalue weighted by molar-refractivity contribution is 5.49. The first kappa shape index (κ1) is 12.3. The van der Waals surface area contributed by atoms with Crippen molar-refractivity contribution in [1.82, 2.24) is 4.98 Å². The maximum absolute atomic E-state index is 9.08. The molecule has 0 bridgehead atoms. The van der Waals surface area contributed by atoms with Gasteiger partial charge in [-0.1, -0.05) is 0 Å². The molecule has 1 fully saturated rings. The van der Waals surface area contributed by atoms with Gasteiger partial charge >= 0.3 is 0 Å². The second-order valence-electron chi connectivity index (χ2n) is 4.56. The number of hydrogen-bond acceptors (Lipinski definition) is 4. The van der Waals surface area contributed by atoms with E-state index in [9.17, 15) is 0 Å². The third-order valence-electron chi connectivity index (χ3n) is 3.09.